The summed E-state index contributed by atoms with van der Waals surface area (Å²) in [6.07, 6.45) is 8.12. The van der Waals surface area contributed by atoms with Crippen LogP contribution in [0.15, 0.2) is 0 Å². The van der Waals surface area contributed by atoms with Gasteiger partial charge in [0, 0.05) is 11.4 Å². The maximum absolute atomic E-state index is 7.12. The Bertz CT molecular complexity index is 398. The zero-order chi connectivity index (χ0) is 15.0. The molecule has 0 aromatic rings. The molecule has 4 fully saturated rings. The highest BCUT2D eigenvalue weighted by Crippen LogP contribution is 2.75. The Morgan fingerprint density at radius 2 is 1.50 bits per heavy atom. The predicted molar refractivity (Wildman–Crippen MR) is 87.2 cm³/mol. The van der Waals surface area contributed by atoms with Gasteiger partial charge in [0.05, 0.1) is 0 Å². The normalized spacial score (nSPS) is 55.5. The van der Waals surface area contributed by atoms with Gasteiger partial charge >= 0.3 is 0 Å². The second-order valence-corrected chi connectivity index (χ2v) is 10.3. The molecule has 4 unspecified atom stereocenters. The van der Waals surface area contributed by atoms with Crippen LogP contribution in [0.1, 0.15) is 66.2 Å². The van der Waals surface area contributed by atoms with Crippen molar-refractivity contribution in [2.24, 2.45) is 21.7 Å². The minimum absolute atomic E-state index is 0.367. The van der Waals surface area contributed by atoms with E-state index in [1.165, 1.54) is 38.5 Å². The SMILES string of the molecule is CC(CC12CC3(C)CC(C)(CC(C)(C3)C1Cl)C2)N(C)C. The lowest BCUT2D eigenvalue weighted by atomic mass is 9.35. The fourth-order valence-corrected chi connectivity index (χ4v) is 7.69. The lowest BCUT2D eigenvalue weighted by Gasteiger charge is -2.71. The zero-order valence-electron chi connectivity index (χ0n) is 14.2. The molecule has 0 saturated heterocycles. The number of hydrogen-bond acceptors (Lipinski definition) is 1. The third-order valence-electron chi connectivity index (χ3n) is 6.81. The molecule has 0 spiro atoms. The lowest BCUT2D eigenvalue weighted by Crippen LogP contribution is -2.65. The molecule has 4 rings (SSSR count). The van der Waals surface area contributed by atoms with E-state index in [-0.39, 0.29) is 0 Å². The van der Waals surface area contributed by atoms with Crippen LogP contribution >= 0.6 is 11.6 Å². The molecule has 2 heteroatoms. The molecular weight excluding hydrogens is 266 g/mol. The standard InChI is InChI=1S/C18H32ClN/c1-13(20(5)6)7-18-11-15(2)8-16(3,12-18)10-17(4,9-15)14(18)19/h13-14H,7-12H2,1-6H3. The smallest absolute Gasteiger partial charge is 0.0447 e. The van der Waals surface area contributed by atoms with Gasteiger partial charge < -0.3 is 4.90 Å². The summed E-state index contributed by atoms with van der Waals surface area (Å²) in [5.74, 6) is 0. The van der Waals surface area contributed by atoms with Crippen LogP contribution in [-0.4, -0.2) is 30.4 Å². The van der Waals surface area contributed by atoms with Crippen LogP contribution in [0.25, 0.3) is 0 Å². The Morgan fingerprint density at radius 1 is 1.00 bits per heavy atom. The predicted octanol–water partition coefficient (Wildman–Crippen LogP) is 4.93. The Morgan fingerprint density at radius 3 is 1.95 bits per heavy atom. The van der Waals surface area contributed by atoms with Crippen LogP contribution in [0.4, 0.5) is 0 Å². The summed E-state index contributed by atoms with van der Waals surface area (Å²) in [7, 11) is 4.42. The summed E-state index contributed by atoms with van der Waals surface area (Å²) in [5, 5.41) is 0.374. The van der Waals surface area contributed by atoms with E-state index in [0.717, 1.165) is 0 Å². The van der Waals surface area contributed by atoms with Gasteiger partial charge in [-0.15, -0.1) is 11.6 Å². The Balaban J connectivity index is 1.98. The molecule has 0 N–H and O–H groups in total. The Kier molecular flexibility index (Phi) is 3.15. The lowest BCUT2D eigenvalue weighted by molar-refractivity contribution is -0.184. The monoisotopic (exact) mass is 297 g/mol. The molecule has 116 valence electrons. The van der Waals surface area contributed by atoms with Crippen molar-refractivity contribution in [2.75, 3.05) is 14.1 Å². The topological polar surface area (TPSA) is 3.24 Å². The van der Waals surface area contributed by atoms with Crippen LogP contribution < -0.4 is 0 Å². The highest BCUT2D eigenvalue weighted by atomic mass is 35.5. The number of alkyl halides is 1. The van der Waals surface area contributed by atoms with E-state index in [2.05, 4.69) is 46.7 Å². The number of rotatable bonds is 3. The van der Waals surface area contributed by atoms with E-state index in [1.807, 2.05) is 0 Å². The van der Waals surface area contributed by atoms with Crippen LogP contribution in [0, 0.1) is 21.7 Å². The van der Waals surface area contributed by atoms with Crippen molar-refractivity contribution in [1.82, 2.24) is 4.90 Å². The minimum Gasteiger partial charge on any atom is -0.307 e. The van der Waals surface area contributed by atoms with Crippen LogP contribution in [0.3, 0.4) is 0 Å². The second-order valence-electron chi connectivity index (χ2n) is 9.90. The van der Waals surface area contributed by atoms with E-state index < -0.39 is 0 Å². The van der Waals surface area contributed by atoms with Gasteiger partial charge in [0.2, 0.25) is 0 Å². The van der Waals surface area contributed by atoms with Gasteiger partial charge in [-0.2, -0.15) is 0 Å². The Labute approximate surface area is 130 Å². The fourth-order valence-electron chi connectivity index (χ4n) is 7.30. The van der Waals surface area contributed by atoms with Gasteiger partial charge in [-0.25, -0.2) is 0 Å². The summed E-state index contributed by atoms with van der Waals surface area (Å²) in [6, 6.07) is 0.628. The first-order valence-electron chi connectivity index (χ1n) is 8.32. The molecule has 0 aromatic carbocycles. The van der Waals surface area contributed by atoms with Gasteiger partial charge in [0.25, 0.3) is 0 Å². The van der Waals surface area contributed by atoms with Crippen molar-refractivity contribution in [1.29, 1.82) is 0 Å². The van der Waals surface area contributed by atoms with Crippen LogP contribution in [0.2, 0.25) is 0 Å². The third-order valence-corrected chi connectivity index (χ3v) is 7.80. The van der Waals surface area contributed by atoms with E-state index >= 15 is 0 Å². The average molecular weight is 298 g/mol. The van der Waals surface area contributed by atoms with Gasteiger partial charge in [-0.3, -0.25) is 0 Å². The van der Waals surface area contributed by atoms with Crippen molar-refractivity contribution in [2.45, 2.75) is 77.6 Å². The van der Waals surface area contributed by atoms with Gasteiger partial charge in [-0.05, 0) is 81.2 Å². The van der Waals surface area contributed by atoms with Crippen LogP contribution in [-0.2, 0) is 0 Å². The fraction of sp³-hybridized carbons (Fsp3) is 1.00. The molecule has 4 aliphatic rings. The van der Waals surface area contributed by atoms with Gasteiger partial charge in [0.1, 0.15) is 0 Å². The first-order chi connectivity index (χ1) is 9.02. The third kappa shape index (κ3) is 2.07. The molecule has 0 heterocycles. The number of hydrogen-bond donors (Lipinski definition) is 0. The summed E-state index contributed by atoms with van der Waals surface area (Å²) < 4.78 is 0. The van der Waals surface area contributed by atoms with Crippen molar-refractivity contribution in [3.05, 3.63) is 0 Å². The summed E-state index contributed by atoms with van der Waals surface area (Å²) in [5.41, 5.74) is 1.82. The maximum atomic E-state index is 7.12. The van der Waals surface area contributed by atoms with E-state index in [0.29, 0.717) is 33.1 Å². The highest BCUT2D eigenvalue weighted by Gasteiger charge is 2.68. The quantitative estimate of drug-likeness (QED) is 0.668. The van der Waals surface area contributed by atoms with E-state index in [9.17, 15) is 0 Å². The summed E-state index contributed by atoms with van der Waals surface area (Å²) >= 11 is 7.12. The molecule has 0 aromatic heterocycles. The van der Waals surface area contributed by atoms with Crippen molar-refractivity contribution >= 4 is 11.6 Å². The number of halogens is 1. The van der Waals surface area contributed by atoms with E-state index in [1.54, 1.807) is 0 Å². The van der Waals surface area contributed by atoms with Crippen LogP contribution in [0.5, 0.6) is 0 Å². The first-order valence-corrected chi connectivity index (χ1v) is 8.76. The van der Waals surface area contributed by atoms with Crippen molar-refractivity contribution in [3.8, 4) is 0 Å². The molecule has 1 nitrogen and oxygen atoms in total. The number of nitrogens with zero attached hydrogens (tertiary/aromatic N) is 1. The highest BCUT2D eigenvalue weighted by molar-refractivity contribution is 6.21. The molecule has 20 heavy (non-hydrogen) atoms. The molecule has 4 bridgehead atoms. The average Bonchev–Trinajstić information content (AvgIpc) is 2.21. The zero-order valence-corrected chi connectivity index (χ0v) is 15.0. The Hall–Kier alpha value is 0.250. The molecule has 4 aliphatic carbocycles. The molecular formula is C18H32ClN. The van der Waals surface area contributed by atoms with Crippen molar-refractivity contribution in [3.63, 3.8) is 0 Å². The van der Waals surface area contributed by atoms with Crippen molar-refractivity contribution < 1.29 is 0 Å². The van der Waals surface area contributed by atoms with Gasteiger partial charge in [0.15, 0.2) is 0 Å². The molecule has 4 atom stereocenters. The summed E-state index contributed by atoms with van der Waals surface area (Å²) in [6.45, 7) is 9.93. The molecule has 0 amide bonds. The first kappa shape index (κ1) is 15.2. The van der Waals surface area contributed by atoms with Gasteiger partial charge in [-0.1, -0.05) is 20.8 Å². The maximum Gasteiger partial charge on any atom is 0.0447 e. The molecule has 0 aliphatic heterocycles. The molecule has 4 saturated carbocycles. The second kappa shape index (κ2) is 4.16. The minimum atomic E-state index is 0.367. The molecule has 0 radical (unpaired) electrons. The summed E-state index contributed by atoms with van der Waals surface area (Å²) in [4.78, 5) is 2.37. The van der Waals surface area contributed by atoms with E-state index in [4.69, 9.17) is 11.6 Å². The largest absolute Gasteiger partial charge is 0.307 e.